The number of likely N-dealkylation sites (tertiary alicyclic amines) is 2. The minimum atomic E-state index is -1.15. The molecule has 1 aromatic carbocycles. The Morgan fingerprint density at radius 1 is 0.839 bits per heavy atom. The number of carboxylic acid groups (broad SMARTS) is 1. The molecule has 10 N–H and O–H groups in total. The fourth-order valence-corrected chi connectivity index (χ4v) is 7.71. The Morgan fingerprint density at radius 3 is 2.18 bits per heavy atom. The number of amides is 6. The Balaban J connectivity index is 1.43. The molecular weight excluding hydrogens is 743 g/mol. The lowest BCUT2D eigenvalue weighted by Gasteiger charge is -2.30. The van der Waals surface area contributed by atoms with E-state index in [-0.39, 0.29) is 19.4 Å². The normalized spacial score (nSPS) is 19.4. The van der Waals surface area contributed by atoms with Crippen LogP contribution in [0.1, 0.15) is 70.8 Å². The third-order valence-corrected chi connectivity index (χ3v) is 11.0. The van der Waals surface area contributed by atoms with Crippen molar-refractivity contribution in [1.29, 1.82) is 0 Å². The molecule has 2 fully saturated rings. The van der Waals surface area contributed by atoms with Crippen LogP contribution < -0.4 is 32.7 Å². The first-order valence-electron chi connectivity index (χ1n) is 19.3. The van der Waals surface area contributed by atoms with Crippen LogP contribution in [0.5, 0.6) is 0 Å². The van der Waals surface area contributed by atoms with Crippen LogP contribution in [0.3, 0.4) is 0 Å². The Kier molecular flexibility index (Phi) is 16.5. The number of thioether (sulfide) groups is 1. The SMILES string of the molecule is CSCC[C@H](N)C(=O)N[C@@H](C)C(=O)N1CCC[C@H]1C(=O)N[C@@H](CCCCN)C(=O)N[C@@H](C)C(=O)N[C@@H](Cc1c[nH]c2ccccc12)C(=O)N1CCC[C@H]1C(=O)O. The van der Waals surface area contributed by atoms with Gasteiger partial charge < -0.3 is 52.6 Å². The van der Waals surface area contributed by atoms with Gasteiger partial charge in [0.25, 0.3) is 0 Å². The topological polar surface area (TPSA) is 262 Å². The summed E-state index contributed by atoms with van der Waals surface area (Å²) in [5, 5.41) is 21.5. The number of para-hydroxylation sites is 1. The first-order chi connectivity index (χ1) is 26.8. The summed E-state index contributed by atoms with van der Waals surface area (Å²) in [4.78, 5) is 98.7. The van der Waals surface area contributed by atoms with Crippen LogP contribution in [0.2, 0.25) is 0 Å². The number of unbranched alkanes of at least 4 members (excludes halogenated alkanes) is 1. The van der Waals surface area contributed by atoms with Gasteiger partial charge in [0, 0.05) is 36.6 Å². The third-order valence-electron chi connectivity index (χ3n) is 10.4. The zero-order valence-corrected chi connectivity index (χ0v) is 33.2. The molecule has 2 aliphatic heterocycles. The molecule has 0 aliphatic carbocycles. The van der Waals surface area contributed by atoms with Gasteiger partial charge in [-0.15, -0.1) is 0 Å². The van der Waals surface area contributed by atoms with E-state index < -0.39 is 83.7 Å². The lowest BCUT2D eigenvalue weighted by Crippen LogP contribution is -2.59. The van der Waals surface area contributed by atoms with Crippen molar-refractivity contribution >= 4 is 64.1 Å². The van der Waals surface area contributed by atoms with Gasteiger partial charge in [0.1, 0.15) is 36.3 Å². The molecule has 0 radical (unpaired) electrons. The minimum absolute atomic E-state index is 0.0690. The van der Waals surface area contributed by atoms with Crippen molar-refractivity contribution < 1.29 is 38.7 Å². The van der Waals surface area contributed by atoms with Crippen molar-refractivity contribution in [3.8, 4) is 0 Å². The van der Waals surface area contributed by atoms with Gasteiger partial charge in [0.15, 0.2) is 0 Å². The van der Waals surface area contributed by atoms with Crippen molar-refractivity contribution in [1.82, 2.24) is 36.1 Å². The smallest absolute Gasteiger partial charge is 0.326 e. The number of aromatic nitrogens is 1. The maximum absolute atomic E-state index is 13.9. The van der Waals surface area contributed by atoms with Gasteiger partial charge in [-0.25, -0.2) is 4.79 Å². The number of carboxylic acids is 1. The van der Waals surface area contributed by atoms with Crippen molar-refractivity contribution in [3.63, 3.8) is 0 Å². The average Bonchev–Trinajstić information content (AvgIpc) is 3.96. The van der Waals surface area contributed by atoms with Gasteiger partial charge in [0.2, 0.25) is 35.4 Å². The number of carbonyl (C=O) groups is 7. The highest BCUT2D eigenvalue weighted by Crippen LogP contribution is 2.23. The molecule has 1 aromatic heterocycles. The first-order valence-corrected chi connectivity index (χ1v) is 20.7. The molecular formula is C38H57N9O8S. The summed E-state index contributed by atoms with van der Waals surface area (Å²) in [6, 6.07) is 0.528. The Bertz CT molecular complexity index is 1720. The van der Waals surface area contributed by atoms with Gasteiger partial charge in [-0.05, 0) is 95.4 Å². The molecule has 56 heavy (non-hydrogen) atoms. The molecule has 3 heterocycles. The zero-order valence-electron chi connectivity index (χ0n) is 32.4. The highest BCUT2D eigenvalue weighted by molar-refractivity contribution is 7.98. The molecule has 0 saturated carbocycles. The predicted octanol–water partition coefficient (Wildman–Crippen LogP) is -0.0346. The zero-order chi connectivity index (χ0) is 40.9. The van der Waals surface area contributed by atoms with E-state index in [1.807, 2.05) is 30.5 Å². The number of aliphatic carboxylic acids is 1. The molecule has 18 heteroatoms. The van der Waals surface area contributed by atoms with E-state index in [9.17, 15) is 38.7 Å². The Morgan fingerprint density at radius 2 is 1.50 bits per heavy atom. The average molecular weight is 800 g/mol. The van der Waals surface area contributed by atoms with Crippen molar-refractivity contribution in [2.24, 2.45) is 11.5 Å². The number of fused-ring (bicyclic) bond motifs is 1. The number of carbonyl (C=O) groups excluding carboxylic acids is 6. The maximum Gasteiger partial charge on any atom is 0.326 e. The Labute approximate surface area is 331 Å². The van der Waals surface area contributed by atoms with Gasteiger partial charge >= 0.3 is 5.97 Å². The summed E-state index contributed by atoms with van der Waals surface area (Å²) >= 11 is 1.56. The number of nitrogens with zero attached hydrogens (tertiary/aromatic N) is 2. The van der Waals surface area contributed by atoms with Crippen LogP contribution in [-0.4, -0.2) is 135 Å². The third kappa shape index (κ3) is 11.4. The summed E-state index contributed by atoms with van der Waals surface area (Å²) in [5.41, 5.74) is 13.2. The number of nitrogens with two attached hydrogens (primary N) is 2. The number of nitrogens with one attached hydrogen (secondary N) is 5. The molecule has 4 rings (SSSR count). The number of benzene rings is 1. The number of rotatable bonds is 20. The summed E-state index contributed by atoms with van der Waals surface area (Å²) in [6.45, 7) is 3.88. The minimum Gasteiger partial charge on any atom is -0.480 e. The molecule has 2 aliphatic rings. The monoisotopic (exact) mass is 799 g/mol. The number of hydrogen-bond donors (Lipinski definition) is 8. The van der Waals surface area contributed by atoms with Crippen LogP contribution in [0.15, 0.2) is 30.5 Å². The molecule has 0 unspecified atom stereocenters. The van der Waals surface area contributed by atoms with E-state index in [1.165, 1.54) is 16.7 Å². The molecule has 2 saturated heterocycles. The summed E-state index contributed by atoms with van der Waals surface area (Å²) < 4.78 is 0. The van der Waals surface area contributed by atoms with E-state index in [2.05, 4.69) is 26.3 Å². The lowest BCUT2D eigenvalue weighted by atomic mass is 10.0. The second-order valence-electron chi connectivity index (χ2n) is 14.5. The molecule has 17 nitrogen and oxygen atoms in total. The number of aromatic amines is 1. The van der Waals surface area contributed by atoms with Crippen LogP contribution in [0, 0.1) is 0 Å². The number of hydrogen-bond acceptors (Lipinski definition) is 10. The lowest BCUT2D eigenvalue weighted by molar-refractivity contribution is -0.149. The van der Waals surface area contributed by atoms with E-state index >= 15 is 0 Å². The molecule has 7 atom stereocenters. The summed E-state index contributed by atoms with van der Waals surface area (Å²) in [5.74, 6) is -3.73. The van der Waals surface area contributed by atoms with Gasteiger partial charge in [0.05, 0.1) is 6.04 Å². The molecule has 308 valence electrons. The van der Waals surface area contributed by atoms with E-state index in [4.69, 9.17) is 11.5 Å². The number of H-pyrrole nitrogens is 1. The van der Waals surface area contributed by atoms with Crippen LogP contribution in [-0.2, 0) is 40.0 Å². The van der Waals surface area contributed by atoms with Crippen LogP contribution in [0.25, 0.3) is 10.9 Å². The standard InChI is InChI=1S/C38H57N9O8S/c1-22(32(48)45-29(37(53)47-18-9-14-31(47)38(54)55)20-24-21-41-27-11-5-4-10-25(24)27)42-34(50)28(12-6-7-16-39)44-35(51)30-13-8-17-46(30)36(52)23(2)43-33(49)26(40)15-19-56-3/h4-5,10-11,21-23,26,28-31,41H,6-9,12-20,39-40H2,1-3H3,(H,42,50)(H,43,49)(H,44,51)(H,45,48)(H,54,55)/t22-,23-,26-,28-,29-,30-,31-/m0/s1. The second-order valence-corrected chi connectivity index (χ2v) is 15.5. The van der Waals surface area contributed by atoms with Gasteiger partial charge in [-0.2, -0.15) is 11.8 Å². The van der Waals surface area contributed by atoms with Crippen molar-refractivity contribution in [2.75, 3.05) is 31.6 Å². The first kappa shape index (κ1) is 44.0. The summed E-state index contributed by atoms with van der Waals surface area (Å²) in [6.07, 6.45) is 7.15. The van der Waals surface area contributed by atoms with E-state index in [0.29, 0.717) is 63.8 Å². The summed E-state index contributed by atoms with van der Waals surface area (Å²) in [7, 11) is 0. The Hall–Kier alpha value is -4.68. The van der Waals surface area contributed by atoms with E-state index in [1.54, 1.807) is 24.9 Å². The van der Waals surface area contributed by atoms with Crippen molar-refractivity contribution in [3.05, 3.63) is 36.0 Å². The fraction of sp³-hybridized carbons (Fsp3) is 0.605. The fourth-order valence-electron chi connectivity index (χ4n) is 7.22. The maximum atomic E-state index is 13.9. The largest absolute Gasteiger partial charge is 0.480 e. The molecule has 0 bridgehead atoms. The highest BCUT2D eigenvalue weighted by Gasteiger charge is 2.40. The van der Waals surface area contributed by atoms with Crippen LogP contribution in [0.4, 0.5) is 0 Å². The molecule has 2 aromatic rings. The van der Waals surface area contributed by atoms with Crippen LogP contribution >= 0.6 is 11.8 Å². The second kappa shape index (κ2) is 21.0. The quantitative estimate of drug-likeness (QED) is 0.0825. The molecule has 6 amide bonds. The van der Waals surface area contributed by atoms with Gasteiger partial charge in [-0.3, -0.25) is 28.8 Å². The van der Waals surface area contributed by atoms with Crippen molar-refractivity contribution in [2.45, 2.75) is 114 Å². The predicted molar refractivity (Wildman–Crippen MR) is 212 cm³/mol. The molecule has 0 spiro atoms. The highest BCUT2D eigenvalue weighted by atomic mass is 32.2. The van der Waals surface area contributed by atoms with E-state index in [0.717, 1.165) is 16.5 Å². The van der Waals surface area contributed by atoms with Gasteiger partial charge in [-0.1, -0.05) is 18.2 Å².